The minimum absolute atomic E-state index is 0.154. The minimum Gasteiger partial charge on any atom is -0.493 e. The van der Waals surface area contributed by atoms with E-state index in [2.05, 4.69) is 20.8 Å². The summed E-state index contributed by atoms with van der Waals surface area (Å²) in [5.74, 6) is 1.93. The van der Waals surface area contributed by atoms with E-state index in [0.717, 1.165) is 0 Å². The van der Waals surface area contributed by atoms with E-state index in [1.54, 1.807) is 29.2 Å². The highest BCUT2D eigenvalue weighted by atomic mass is 16.5. The fourth-order valence-electron chi connectivity index (χ4n) is 3.47. The van der Waals surface area contributed by atoms with Gasteiger partial charge in [0.15, 0.2) is 23.1 Å². The minimum atomic E-state index is -0.760. The number of carbonyl (C=O) groups is 2. The second kappa shape index (κ2) is 8.88. The van der Waals surface area contributed by atoms with E-state index in [1.807, 2.05) is 4.90 Å². The molecule has 12 heteroatoms. The third kappa shape index (κ3) is 4.15. The molecule has 3 amide bonds. The number of urea groups is 1. The fraction of sp³-hybridized carbons (Fsp3) is 0.300. The molecular weight excluding hydrogens is 418 g/mol. The first-order valence-corrected chi connectivity index (χ1v) is 9.83. The number of nitrogens with zero attached hydrogens (tertiary/aromatic N) is 4. The zero-order chi connectivity index (χ0) is 22.7. The van der Waals surface area contributed by atoms with Gasteiger partial charge in [0, 0.05) is 37.6 Å². The number of nitrogens with two attached hydrogens (primary N) is 1. The Morgan fingerprint density at radius 1 is 1.09 bits per heavy atom. The van der Waals surface area contributed by atoms with Crippen LogP contribution in [0.3, 0.4) is 0 Å². The number of primary amides is 1. The molecule has 1 aliphatic rings. The van der Waals surface area contributed by atoms with Crippen LogP contribution < -0.4 is 31.0 Å². The molecule has 0 spiro atoms. The van der Waals surface area contributed by atoms with E-state index in [1.165, 1.54) is 20.5 Å². The Morgan fingerprint density at radius 3 is 2.44 bits per heavy atom. The fourth-order valence-corrected chi connectivity index (χ4v) is 3.47. The molecule has 3 heterocycles. The van der Waals surface area contributed by atoms with Gasteiger partial charge < -0.3 is 29.4 Å². The van der Waals surface area contributed by atoms with Crippen molar-refractivity contribution in [1.29, 1.82) is 0 Å². The van der Waals surface area contributed by atoms with Gasteiger partial charge in [-0.15, -0.1) is 0 Å². The number of methoxy groups -OCH3 is 2. The standard InChI is InChI=1S/C20H23N7O5/c1-30-15-10-12-13(11-16(15)31-2)22-20(23-17(12)24-25-19(21)29)27-7-5-26(6-8-27)18(28)14-4-3-9-32-14/h3-4,9-11H,5-8H2,1-2H3,(H3,21,25,29)(H,22,23,24). The number of ether oxygens (including phenoxy) is 2. The first-order chi connectivity index (χ1) is 15.5. The highest BCUT2D eigenvalue weighted by molar-refractivity contribution is 5.93. The van der Waals surface area contributed by atoms with Gasteiger partial charge in [-0.05, 0) is 18.2 Å². The van der Waals surface area contributed by atoms with E-state index in [4.69, 9.17) is 19.6 Å². The highest BCUT2D eigenvalue weighted by Crippen LogP contribution is 2.35. The van der Waals surface area contributed by atoms with E-state index < -0.39 is 6.03 Å². The third-order valence-corrected chi connectivity index (χ3v) is 5.08. The summed E-state index contributed by atoms with van der Waals surface area (Å²) in [6, 6.07) is 6.01. The molecule has 1 aliphatic heterocycles. The van der Waals surface area contributed by atoms with E-state index in [0.29, 0.717) is 66.1 Å². The first kappa shape index (κ1) is 21.0. The lowest BCUT2D eigenvalue weighted by molar-refractivity contribution is 0.0714. The molecule has 12 nitrogen and oxygen atoms in total. The lowest BCUT2D eigenvalue weighted by Gasteiger charge is -2.34. The summed E-state index contributed by atoms with van der Waals surface area (Å²) in [7, 11) is 3.06. The molecule has 0 aliphatic carbocycles. The summed E-state index contributed by atoms with van der Waals surface area (Å²) in [5.41, 5.74) is 10.8. The second-order valence-corrected chi connectivity index (χ2v) is 6.97. The number of rotatable bonds is 6. The lowest BCUT2D eigenvalue weighted by Crippen LogP contribution is -2.49. The number of nitrogens with one attached hydrogen (secondary N) is 2. The van der Waals surface area contributed by atoms with Crippen molar-refractivity contribution in [2.45, 2.75) is 0 Å². The maximum absolute atomic E-state index is 12.5. The van der Waals surface area contributed by atoms with Crippen LogP contribution in [0.2, 0.25) is 0 Å². The van der Waals surface area contributed by atoms with E-state index in [9.17, 15) is 9.59 Å². The Kier molecular flexibility index (Phi) is 5.83. The van der Waals surface area contributed by atoms with Crippen LogP contribution >= 0.6 is 0 Å². The molecule has 0 saturated carbocycles. The summed E-state index contributed by atoms with van der Waals surface area (Å²) >= 11 is 0. The molecular formula is C20H23N7O5. The maximum atomic E-state index is 12.5. The number of hydrazine groups is 1. The number of anilines is 2. The van der Waals surface area contributed by atoms with E-state index in [-0.39, 0.29) is 5.91 Å². The quantitative estimate of drug-likeness (QED) is 0.480. The Balaban J connectivity index is 1.62. The normalized spacial score (nSPS) is 13.7. The van der Waals surface area contributed by atoms with Crippen LogP contribution in [0.4, 0.5) is 16.6 Å². The SMILES string of the molecule is COc1cc2nc(N3CCN(C(=O)c4ccco4)CC3)nc(NNC(N)=O)c2cc1OC. The zero-order valence-corrected chi connectivity index (χ0v) is 17.6. The van der Waals surface area contributed by atoms with Crippen molar-refractivity contribution in [2.75, 3.05) is 50.7 Å². The van der Waals surface area contributed by atoms with Crippen LogP contribution in [0, 0.1) is 0 Å². The number of benzene rings is 1. The van der Waals surface area contributed by atoms with Gasteiger partial charge >= 0.3 is 6.03 Å². The number of aromatic nitrogens is 2. The van der Waals surface area contributed by atoms with Crippen LogP contribution in [0.5, 0.6) is 11.5 Å². The van der Waals surface area contributed by atoms with Crippen molar-refractivity contribution in [1.82, 2.24) is 20.3 Å². The molecule has 1 fully saturated rings. The molecule has 4 rings (SSSR count). The molecule has 0 radical (unpaired) electrons. The Hall–Kier alpha value is -4.22. The van der Waals surface area contributed by atoms with Gasteiger partial charge in [-0.2, -0.15) is 4.98 Å². The largest absolute Gasteiger partial charge is 0.493 e. The van der Waals surface area contributed by atoms with Crippen LogP contribution in [-0.4, -0.2) is 67.2 Å². The van der Waals surface area contributed by atoms with Crippen molar-refractivity contribution in [3.05, 3.63) is 36.3 Å². The Bertz CT molecular complexity index is 1130. The third-order valence-electron chi connectivity index (χ3n) is 5.08. The lowest BCUT2D eigenvalue weighted by atomic mass is 10.2. The second-order valence-electron chi connectivity index (χ2n) is 6.97. The molecule has 32 heavy (non-hydrogen) atoms. The van der Waals surface area contributed by atoms with E-state index >= 15 is 0 Å². The van der Waals surface area contributed by atoms with Crippen molar-refractivity contribution >= 4 is 34.6 Å². The van der Waals surface area contributed by atoms with Gasteiger partial charge in [0.05, 0.1) is 26.0 Å². The summed E-state index contributed by atoms with van der Waals surface area (Å²) in [6.07, 6.45) is 1.48. The average molecular weight is 441 g/mol. The number of fused-ring (bicyclic) bond motifs is 1. The first-order valence-electron chi connectivity index (χ1n) is 9.83. The van der Waals surface area contributed by atoms with Crippen LogP contribution in [0.1, 0.15) is 10.6 Å². The molecule has 1 aromatic carbocycles. The number of furan rings is 1. The molecule has 4 N–H and O–H groups in total. The number of hydrogen-bond acceptors (Lipinski definition) is 9. The Labute approximate surface area is 183 Å². The molecule has 0 unspecified atom stereocenters. The van der Waals surface area contributed by atoms with Gasteiger partial charge in [-0.25, -0.2) is 9.78 Å². The Morgan fingerprint density at radius 2 is 1.81 bits per heavy atom. The smallest absolute Gasteiger partial charge is 0.330 e. The number of piperazine rings is 1. The van der Waals surface area contributed by atoms with Crippen molar-refractivity contribution in [3.63, 3.8) is 0 Å². The molecule has 2 aromatic heterocycles. The topological polar surface area (TPSA) is 148 Å². The monoisotopic (exact) mass is 441 g/mol. The summed E-state index contributed by atoms with van der Waals surface area (Å²) in [5, 5.41) is 0.604. The van der Waals surface area contributed by atoms with Crippen LogP contribution in [0.15, 0.2) is 34.9 Å². The van der Waals surface area contributed by atoms with Crippen molar-refractivity contribution < 1.29 is 23.5 Å². The van der Waals surface area contributed by atoms with Crippen molar-refractivity contribution in [3.8, 4) is 11.5 Å². The zero-order valence-electron chi connectivity index (χ0n) is 17.6. The summed E-state index contributed by atoms with van der Waals surface area (Å²) in [6.45, 7) is 2.01. The molecule has 0 atom stereocenters. The van der Waals surface area contributed by atoms with Crippen LogP contribution in [0.25, 0.3) is 10.9 Å². The number of amides is 3. The van der Waals surface area contributed by atoms with Gasteiger partial charge in [0.2, 0.25) is 5.95 Å². The number of hydrogen-bond donors (Lipinski definition) is 3. The average Bonchev–Trinajstić information content (AvgIpc) is 3.36. The predicted octanol–water partition coefficient (Wildman–Crippen LogP) is 1.20. The van der Waals surface area contributed by atoms with Gasteiger partial charge in [-0.3, -0.25) is 15.6 Å². The van der Waals surface area contributed by atoms with Gasteiger partial charge in [0.25, 0.3) is 5.91 Å². The molecule has 0 bridgehead atoms. The molecule has 3 aromatic rings. The summed E-state index contributed by atoms with van der Waals surface area (Å²) in [4.78, 5) is 36.6. The molecule has 168 valence electrons. The predicted molar refractivity (Wildman–Crippen MR) is 116 cm³/mol. The highest BCUT2D eigenvalue weighted by Gasteiger charge is 2.26. The maximum Gasteiger partial charge on any atom is 0.330 e. The van der Waals surface area contributed by atoms with Crippen molar-refractivity contribution in [2.24, 2.45) is 5.73 Å². The summed E-state index contributed by atoms with van der Waals surface area (Å²) < 4.78 is 15.9. The van der Waals surface area contributed by atoms with Gasteiger partial charge in [-0.1, -0.05) is 0 Å². The number of carbonyl (C=O) groups excluding carboxylic acids is 2. The van der Waals surface area contributed by atoms with Crippen LogP contribution in [-0.2, 0) is 0 Å². The molecule has 1 saturated heterocycles. The van der Waals surface area contributed by atoms with Gasteiger partial charge in [0.1, 0.15) is 0 Å².